The number of Topliss-reactive ketones (excluding diaryl/α,β-unsaturated/α-hetero) is 1. The van der Waals surface area contributed by atoms with E-state index in [1.165, 1.54) is 0 Å². The Balaban J connectivity index is 1.63. The number of fused-ring (bicyclic) bond motifs is 5. The first-order chi connectivity index (χ1) is 13.1. The zero-order valence-electron chi connectivity index (χ0n) is 14.9. The first-order valence-corrected chi connectivity index (χ1v) is 9.66. The van der Waals surface area contributed by atoms with E-state index in [0.717, 1.165) is 28.7 Å². The lowest BCUT2D eigenvalue weighted by molar-refractivity contribution is -0.118. The van der Waals surface area contributed by atoms with Crippen molar-refractivity contribution in [1.82, 2.24) is 0 Å². The molecule has 1 fully saturated rings. The van der Waals surface area contributed by atoms with Gasteiger partial charge in [0.1, 0.15) is 5.76 Å². The third-order valence-electron chi connectivity index (χ3n) is 5.96. The maximum atomic E-state index is 13.2. The summed E-state index contributed by atoms with van der Waals surface area (Å²) >= 11 is 6.00. The third kappa shape index (κ3) is 2.42. The minimum absolute atomic E-state index is 0.00249. The predicted molar refractivity (Wildman–Crippen MR) is 106 cm³/mol. The van der Waals surface area contributed by atoms with Gasteiger partial charge in [-0.1, -0.05) is 54.9 Å². The molecule has 1 aliphatic carbocycles. The Kier molecular flexibility index (Phi) is 3.78. The summed E-state index contributed by atoms with van der Waals surface area (Å²) in [5.74, 6) is -0.354. The zero-order valence-corrected chi connectivity index (χ0v) is 15.6. The van der Waals surface area contributed by atoms with Crippen LogP contribution in [0.25, 0.3) is 16.7 Å². The van der Waals surface area contributed by atoms with Gasteiger partial charge in [-0.25, -0.2) is 0 Å². The Bertz CT molecular complexity index is 1000. The van der Waals surface area contributed by atoms with Crippen molar-refractivity contribution in [2.45, 2.75) is 25.6 Å². The summed E-state index contributed by atoms with van der Waals surface area (Å²) < 4.78 is 5.79. The van der Waals surface area contributed by atoms with Gasteiger partial charge in [0.2, 0.25) is 0 Å². The van der Waals surface area contributed by atoms with Crippen LogP contribution in [0.4, 0.5) is 0 Å². The van der Waals surface area contributed by atoms with E-state index in [0.29, 0.717) is 10.6 Å². The molecule has 2 aromatic rings. The average molecular weight is 379 g/mol. The van der Waals surface area contributed by atoms with Gasteiger partial charge in [-0.2, -0.15) is 0 Å². The Hall–Kier alpha value is -2.36. The molecule has 2 bridgehead atoms. The van der Waals surface area contributed by atoms with Crippen LogP contribution in [0.15, 0.2) is 60.4 Å². The highest BCUT2D eigenvalue weighted by atomic mass is 35.5. The number of ketones is 1. The molecule has 2 aliphatic heterocycles. The summed E-state index contributed by atoms with van der Waals surface area (Å²) in [5, 5.41) is 11.6. The average Bonchev–Trinajstić information content (AvgIpc) is 3.36. The van der Waals surface area contributed by atoms with Crippen molar-refractivity contribution in [3.63, 3.8) is 0 Å². The summed E-state index contributed by atoms with van der Waals surface area (Å²) in [5.41, 5.74) is 4.39. The lowest BCUT2D eigenvalue weighted by Gasteiger charge is -2.15. The van der Waals surface area contributed by atoms with Gasteiger partial charge in [0.05, 0.1) is 29.6 Å². The number of hydrogen-bond acceptors (Lipinski definition) is 3. The lowest BCUT2D eigenvalue weighted by Crippen LogP contribution is -2.26. The van der Waals surface area contributed by atoms with Crippen molar-refractivity contribution in [1.29, 1.82) is 0 Å². The van der Waals surface area contributed by atoms with Crippen LogP contribution < -0.4 is 0 Å². The van der Waals surface area contributed by atoms with Gasteiger partial charge in [0.15, 0.2) is 5.78 Å². The van der Waals surface area contributed by atoms with E-state index in [1.54, 1.807) is 0 Å². The van der Waals surface area contributed by atoms with Crippen LogP contribution in [-0.4, -0.2) is 23.1 Å². The smallest absolute Gasteiger partial charge is 0.173 e. The zero-order chi connectivity index (χ0) is 18.7. The van der Waals surface area contributed by atoms with Crippen molar-refractivity contribution in [3.05, 3.63) is 76.5 Å². The number of hydrogen-bond donors (Lipinski definition) is 1. The van der Waals surface area contributed by atoms with Crippen LogP contribution in [0.2, 0.25) is 5.02 Å². The second kappa shape index (κ2) is 6.08. The minimum Gasteiger partial charge on any atom is -0.511 e. The molecule has 0 radical (unpaired) electrons. The van der Waals surface area contributed by atoms with E-state index >= 15 is 0 Å². The molecule has 0 amide bonds. The molecule has 27 heavy (non-hydrogen) atoms. The van der Waals surface area contributed by atoms with Crippen LogP contribution in [0.5, 0.6) is 0 Å². The minimum atomic E-state index is -0.293. The summed E-state index contributed by atoms with van der Waals surface area (Å²) in [7, 11) is 0. The highest BCUT2D eigenvalue weighted by Crippen LogP contribution is 2.51. The van der Waals surface area contributed by atoms with Crippen LogP contribution in [0.1, 0.15) is 18.1 Å². The Morgan fingerprint density at radius 2 is 1.67 bits per heavy atom. The van der Waals surface area contributed by atoms with Crippen LogP contribution in [0.3, 0.4) is 0 Å². The van der Waals surface area contributed by atoms with Crippen molar-refractivity contribution < 1.29 is 14.6 Å². The first kappa shape index (κ1) is 16.8. The van der Waals surface area contributed by atoms with Crippen LogP contribution in [0, 0.1) is 11.8 Å². The highest BCUT2D eigenvalue weighted by Gasteiger charge is 2.57. The molecular formula is C23H19ClO3. The number of carbonyl (C=O) groups excluding carboxylic acids is 1. The van der Waals surface area contributed by atoms with Crippen molar-refractivity contribution in [3.8, 4) is 11.1 Å². The monoisotopic (exact) mass is 378 g/mol. The summed E-state index contributed by atoms with van der Waals surface area (Å²) in [6.07, 6.45) is 4.30. The number of aryl methyl sites for hydroxylation is 1. The van der Waals surface area contributed by atoms with Gasteiger partial charge in [0, 0.05) is 5.02 Å². The van der Waals surface area contributed by atoms with Gasteiger partial charge in [-0.3, -0.25) is 4.79 Å². The van der Waals surface area contributed by atoms with Gasteiger partial charge < -0.3 is 9.84 Å². The SMILES string of the molecule is CCc1ccc(-c2ccc(Cl)cc2)cc1C1=C(O)[C@H]2C3C=C[C@@H](O3)[C@H]2C1=O. The molecule has 0 spiro atoms. The molecule has 2 heterocycles. The number of allylic oxidation sites excluding steroid dienone is 1. The Labute approximate surface area is 162 Å². The standard InChI is InChI=1S/C23H19ClO3/c1-2-12-3-4-14(13-5-7-15(24)8-6-13)11-16(12)19-22(25)20-17-9-10-18(27-17)21(20)23(19)26/h3-11,17-18,20-21,25H,2H2,1H3/t17?,18-,20+,21-/m1/s1. The number of carbonyl (C=O) groups is 1. The van der Waals surface area contributed by atoms with Gasteiger partial charge in [0.25, 0.3) is 0 Å². The van der Waals surface area contributed by atoms with E-state index in [-0.39, 0.29) is 35.6 Å². The molecule has 1 unspecified atom stereocenters. The molecule has 4 heteroatoms. The fraction of sp³-hybridized carbons (Fsp3) is 0.261. The first-order valence-electron chi connectivity index (χ1n) is 9.29. The van der Waals surface area contributed by atoms with Crippen molar-refractivity contribution >= 4 is 23.0 Å². The molecule has 4 atom stereocenters. The fourth-order valence-corrected chi connectivity index (χ4v) is 4.74. The molecule has 1 N–H and O–H groups in total. The molecule has 0 saturated carbocycles. The van der Waals surface area contributed by atoms with E-state index in [2.05, 4.69) is 13.0 Å². The molecule has 1 saturated heterocycles. The third-order valence-corrected chi connectivity index (χ3v) is 6.21. The van der Waals surface area contributed by atoms with Gasteiger partial charge >= 0.3 is 0 Å². The summed E-state index contributed by atoms with van der Waals surface area (Å²) in [4.78, 5) is 13.2. The predicted octanol–water partition coefficient (Wildman–Crippen LogP) is 4.99. The second-order valence-electron chi connectivity index (χ2n) is 7.36. The normalized spacial score (nSPS) is 28.3. The van der Waals surface area contributed by atoms with Crippen molar-refractivity contribution in [2.24, 2.45) is 11.8 Å². The fourth-order valence-electron chi connectivity index (χ4n) is 4.62. The summed E-state index contributed by atoms with van der Waals surface area (Å²) in [6, 6.07) is 13.7. The summed E-state index contributed by atoms with van der Waals surface area (Å²) in [6.45, 7) is 2.06. The van der Waals surface area contributed by atoms with Crippen LogP contribution in [-0.2, 0) is 16.0 Å². The largest absolute Gasteiger partial charge is 0.511 e. The molecule has 2 aromatic carbocycles. The Morgan fingerprint density at radius 1 is 1.00 bits per heavy atom. The number of benzene rings is 2. The topological polar surface area (TPSA) is 46.5 Å². The maximum absolute atomic E-state index is 13.2. The van der Waals surface area contributed by atoms with E-state index in [1.807, 2.05) is 48.6 Å². The van der Waals surface area contributed by atoms with Gasteiger partial charge in [-0.05, 0) is 46.9 Å². The number of aliphatic hydroxyl groups excluding tert-OH is 1. The van der Waals surface area contributed by atoms with E-state index in [4.69, 9.17) is 16.3 Å². The molecule has 0 aromatic heterocycles. The van der Waals surface area contributed by atoms with Crippen LogP contribution >= 0.6 is 11.6 Å². The molecular weight excluding hydrogens is 360 g/mol. The Morgan fingerprint density at radius 3 is 2.33 bits per heavy atom. The van der Waals surface area contributed by atoms with Crippen molar-refractivity contribution in [2.75, 3.05) is 0 Å². The maximum Gasteiger partial charge on any atom is 0.173 e. The number of ether oxygens (including phenoxy) is 1. The molecule has 3 nitrogen and oxygen atoms in total. The molecule has 5 rings (SSSR count). The number of halogens is 1. The highest BCUT2D eigenvalue weighted by molar-refractivity contribution is 6.30. The quantitative estimate of drug-likeness (QED) is 0.765. The lowest BCUT2D eigenvalue weighted by atomic mass is 9.84. The van der Waals surface area contributed by atoms with E-state index in [9.17, 15) is 9.90 Å². The van der Waals surface area contributed by atoms with E-state index < -0.39 is 0 Å². The molecule has 136 valence electrons. The number of rotatable bonds is 3. The molecule has 3 aliphatic rings. The van der Waals surface area contributed by atoms with Gasteiger partial charge in [-0.15, -0.1) is 0 Å². The number of aliphatic hydroxyl groups is 1. The second-order valence-corrected chi connectivity index (χ2v) is 7.80.